The largest absolute Gasteiger partial charge is 0.392 e. The molecule has 2 unspecified atom stereocenters. The fraction of sp³-hybridized carbons (Fsp3) is 0.917. The summed E-state index contributed by atoms with van der Waals surface area (Å²) in [5, 5.41) is 15.4. The third kappa shape index (κ3) is 9.09. The average molecular weight is 246 g/mol. The van der Waals surface area contributed by atoms with E-state index in [-0.39, 0.29) is 11.9 Å². The fourth-order valence-corrected chi connectivity index (χ4v) is 1.46. The van der Waals surface area contributed by atoms with Crippen LogP contribution in [0.1, 0.15) is 27.2 Å². The molecule has 0 fully saturated rings. The highest BCUT2D eigenvalue weighted by Crippen LogP contribution is 2.03. The first-order chi connectivity index (χ1) is 7.97. The highest BCUT2D eigenvalue weighted by Gasteiger charge is 2.14. The number of hydrogen-bond donors (Lipinski definition) is 3. The smallest absolute Gasteiger partial charge is 0.236 e. The Balaban J connectivity index is 3.69. The van der Waals surface area contributed by atoms with Crippen LogP contribution in [0, 0.1) is 5.92 Å². The van der Waals surface area contributed by atoms with E-state index in [1.807, 2.05) is 0 Å². The minimum Gasteiger partial charge on any atom is -0.392 e. The molecule has 0 aromatic rings. The Labute approximate surface area is 104 Å². The fourth-order valence-electron chi connectivity index (χ4n) is 1.46. The van der Waals surface area contributed by atoms with Gasteiger partial charge in [-0.25, -0.2) is 0 Å². The van der Waals surface area contributed by atoms with Gasteiger partial charge in [-0.1, -0.05) is 13.8 Å². The summed E-state index contributed by atoms with van der Waals surface area (Å²) in [6.45, 7) is 7.36. The van der Waals surface area contributed by atoms with Crippen molar-refractivity contribution in [3.8, 4) is 0 Å². The summed E-state index contributed by atoms with van der Waals surface area (Å²) in [7, 11) is 1.59. The van der Waals surface area contributed by atoms with Gasteiger partial charge in [0.15, 0.2) is 0 Å². The number of rotatable bonds is 9. The quantitative estimate of drug-likeness (QED) is 0.506. The van der Waals surface area contributed by atoms with Crippen molar-refractivity contribution in [2.24, 2.45) is 5.92 Å². The molecule has 17 heavy (non-hydrogen) atoms. The van der Waals surface area contributed by atoms with Gasteiger partial charge in [0, 0.05) is 20.2 Å². The Morgan fingerprint density at radius 2 is 2.00 bits per heavy atom. The van der Waals surface area contributed by atoms with Crippen molar-refractivity contribution in [2.75, 3.05) is 26.8 Å². The first-order valence-electron chi connectivity index (χ1n) is 6.15. The van der Waals surface area contributed by atoms with E-state index in [2.05, 4.69) is 24.5 Å². The maximum absolute atomic E-state index is 11.5. The van der Waals surface area contributed by atoms with Crippen LogP contribution in [0.4, 0.5) is 0 Å². The number of aliphatic hydroxyl groups is 1. The lowest BCUT2D eigenvalue weighted by Gasteiger charge is -2.18. The molecule has 0 bridgehead atoms. The third-order valence-corrected chi connectivity index (χ3v) is 2.40. The van der Waals surface area contributed by atoms with Crippen LogP contribution in [0.15, 0.2) is 0 Å². The minimum absolute atomic E-state index is 0.0706. The van der Waals surface area contributed by atoms with E-state index in [0.29, 0.717) is 25.6 Å². The van der Waals surface area contributed by atoms with E-state index in [9.17, 15) is 9.90 Å². The number of methoxy groups -OCH3 is 1. The lowest BCUT2D eigenvalue weighted by atomic mass is 10.1. The number of carbonyl (C=O) groups is 1. The van der Waals surface area contributed by atoms with Crippen molar-refractivity contribution in [1.82, 2.24) is 10.6 Å². The molecule has 0 heterocycles. The molecule has 0 saturated carbocycles. The van der Waals surface area contributed by atoms with Crippen molar-refractivity contribution >= 4 is 5.91 Å². The summed E-state index contributed by atoms with van der Waals surface area (Å²) in [5.74, 6) is 0.386. The van der Waals surface area contributed by atoms with Gasteiger partial charge in [-0.2, -0.15) is 0 Å². The number of carbonyl (C=O) groups excluding carboxylic acids is 1. The van der Waals surface area contributed by atoms with Crippen LogP contribution in [0.5, 0.6) is 0 Å². The van der Waals surface area contributed by atoms with Crippen LogP contribution in [0.3, 0.4) is 0 Å². The van der Waals surface area contributed by atoms with Crippen LogP contribution in [0.2, 0.25) is 0 Å². The number of nitrogens with one attached hydrogen (secondary N) is 2. The second-order valence-electron chi connectivity index (χ2n) is 4.70. The third-order valence-electron chi connectivity index (χ3n) is 2.40. The molecule has 0 radical (unpaired) electrons. The van der Waals surface area contributed by atoms with Gasteiger partial charge < -0.3 is 20.5 Å². The van der Waals surface area contributed by atoms with Gasteiger partial charge in [-0.3, -0.25) is 4.79 Å². The predicted molar refractivity (Wildman–Crippen MR) is 67.8 cm³/mol. The van der Waals surface area contributed by atoms with E-state index < -0.39 is 6.10 Å². The van der Waals surface area contributed by atoms with E-state index in [0.717, 1.165) is 6.42 Å². The summed E-state index contributed by atoms with van der Waals surface area (Å²) in [6.07, 6.45) is 0.342. The standard InChI is InChI=1S/C12H26N2O3/c1-9(2)7-11(15)8-14-10(3)12(16)13-5-6-17-4/h9-11,14-15H,5-8H2,1-4H3,(H,13,16). The van der Waals surface area contributed by atoms with Crippen LogP contribution < -0.4 is 10.6 Å². The molecule has 0 aliphatic rings. The summed E-state index contributed by atoms with van der Waals surface area (Å²) in [4.78, 5) is 11.5. The van der Waals surface area contributed by atoms with E-state index >= 15 is 0 Å². The lowest BCUT2D eigenvalue weighted by Crippen LogP contribution is -2.45. The molecule has 5 heteroatoms. The summed E-state index contributed by atoms with van der Waals surface area (Å²) >= 11 is 0. The Morgan fingerprint density at radius 1 is 1.35 bits per heavy atom. The molecule has 0 saturated heterocycles. The van der Waals surface area contributed by atoms with Crippen LogP contribution in [0.25, 0.3) is 0 Å². The summed E-state index contributed by atoms with van der Waals surface area (Å²) in [5.41, 5.74) is 0. The first kappa shape index (κ1) is 16.4. The van der Waals surface area contributed by atoms with E-state index in [1.165, 1.54) is 0 Å². The molecular formula is C12H26N2O3. The van der Waals surface area contributed by atoms with Gasteiger partial charge in [-0.15, -0.1) is 0 Å². The number of amides is 1. The highest BCUT2D eigenvalue weighted by molar-refractivity contribution is 5.81. The maximum Gasteiger partial charge on any atom is 0.236 e. The normalized spacial score (nSPS) is 14.7. The molecule has 0 aliphatic carbocycles. The zero-order chi connectivity index (χ0) is 13.3. The van der Waals surface area contributed by atoms with Gasteiger partial charge >= 0.3 is 0 Å². The van der Waals surface area contributed by atoms with E-state index in [4.69, 9.17) is 4.74 Å². The molecule has 0 rings (SSSR count). The lowest BCUT2D eigenvalue weighted by molar-refractivity contribution is -0.123. The van der Waals surface area contributed by atoms with Crippen molar-refractivity contribution in [3.05, 3.63) is 0 Å². The Morgan fingerprint density at radius 3 is 2.53 bits per heavy atom. The summed E-state index contributed by atoms with van der Waals surface area (Å²) < 4.78 is 4.84. The zero-order valence-electron chi connectivity index (χ0n) is 11.3. The zero-order valence-corrected chi connectivity index (χ0v) is 11.3. The SMILES string of the molecule is COCCNC(=O)C(C)NCC(O)CC(C)C. The molecule has 3 N–H and O–H groups in total. The first-order valence-corrected chi connectivity index (χ1v) is 6.15. The van der Waals surface area contributed by atoms with Crippen LogP contribution in [-0.4, -0.2) is 50.0 Å². The average Bonchev–Trinajstić information content (AvgIpc) is 2.25. The summed E-state index contributed by atoms with van der Waals surface area (Å²) in [6, 6.07) is -0.298. The van der Waals surface area contributed by atoms with Gasteiger partial charge in [0.2, 0.25) is 5.91 Å². The number of aliphatic hydroxyl groups excluding tert-OH is 1. The molecule has 102 valence electrons. The molecule has 2 atom stereocenters. The monoisotopic (exact) mass is 246 g/mol. The molecule has 0 spiro atoms. The van der Waals surface area contributed by atoms with Crippen molar-refractivity contribution in [1.29, 1.82) is 0 Å². The van der Waals surface area contributed by atoms with Gasteiger partial charge in [0.05, 0.1) is 18.8 Å². The molecule has 0 aromatic heterocycles. The number of hydrogen-bond acceptors (Lipinski definition) is 4. The van der Waals surface area contributed by atoms with Crippen molar-refractivity contribution in [2.45, 2.75) is 39.3 Å². The van der Waals surface area contributed by atoms with Crippen LogP contribution >= 0.6 is 0 Å². The minimum atomic E-state index is -0.399. The number of ether oxygens (including phenoxy) is 1. The Hall–Kier alpha value is -0.650. The topological polar surface area (TPSA) is 70.6 Å². The highest BCUT2D eigenvalue weighted by atomic mass is 16.5. The van der Waals surface area contributed by atoms with Gasteiger partial charge in [-0.05, 0) is 19.3 Å². The molecule has 0 aromatic carbocycles. The van der Waals surface area contributed by atoms with Gasteiger partial charge in [0.25, 0.3) is 0 Å². The molecule has 0 aliphatic heterocycles. The molecular weight excluding hydrogens is 220 g/mol. The van der Waals surface area contributed by atoms with Gasteiger partial charge in [0.1, 0.15) is 0 Å². The second kappa shape index (κ2) is 9.39. The predicted octanol–water partition coefficient (Wildman–Crippen LogP) is 0.134. The van der Waals surface area contributed by atoms with E-state index in [1.54, 1.807) is 14.0 Å². The van der Waals surface area contributed by atoms with Crippen molar-refractivity contribution < 1.29 is 14.6 Å². The second-order valence-corrected chi connectivity index (χ2v) is 4.70. The molecule has 5 nitrogen and oxygen atoms in total. The Bertz CT molecular complexity index is 210. The van der Waals surface area contributed by atoms with Crippen LogP contribution in [-0.2, 0) is 9.53 Å². The maximum atomic E-state index is 11.5. The molecule has 1 amide bonds. The van der Waals surface area contributed by atoms with Crippen molar-refractivity contribution in [3.63, 3.8) is 0 Å². The Kier molecular flexibility index (Phi) is 9.03.